The van der Waals surface area contributed by atoms with Crippen LogP contribution in [-0.2, 0) is 6.42 Å². The summed E-state index contributed by atoms with van der Waals surface area (Å²) in [6.45, 7) is 1.80. The van der Waals surface area contributed by atoms with Crippen molar-refractivity contribution in [1.82, 2.24) is 0 Å². The van der Waals surface area contributed by atoms with Crippen LogP contribution in [0.4, 0.5) is 0 Å². The molecule has 0 saturated heterocycles. The largest absolute Gasteiger partial charge is 0.393 e. The third-order valence-corrected chi connectivity index (χ3v) is 2.81. The van der Waals surface area contributed by atoms with E-state index in [1.807, 2.05) is 18.2 Å². The quantitative estimate of drug-likeness (QED) is 0.840. The Morgan fingerprint density at radius 3 is 2.57 bits per heavy atom. The van der Waals surface area contributed by atoms with E-state index in [4.69, 9.17) is 28.3 Å². The Bertz CT molecular complexity index is 297. The van der Waals surface area contributed by atoms with Crippen molar-refractivity contribution in [3.8, 4) is 0 Å². The number of hydrogen-bond donors (Lipinski definition) is 1. The van der Waals surface area contributed by atoms with Gasteiger partial charge in [0.1, 0.15) is 0 Å². The van der Waals surface area contributed by atoms with E-state index < -0.39 is 0 Å². The SMILES string of the molecule is CC(O)CCCc1ccc(Cl)c(Cl)c1. The Labute approximate surface area is 94.7 Å². The zero-order valence-electron chi connectivity index (χ0n) is 8.13. The molecule has 1 atom stereocenters. The van der Waals surface area contributed by atoms with Crippen molar-refractivity contribution in [2.75, 3.05) is 0 Å². The summed E-state index contributed by atoms with van der Waals surface area (Å²) in [4.78, 5) is 0. The van der Waals surface area contributed by atoms with Crippen LogP contribution in [0, 0.1) is 0 Å². The second-order valence-corrected chi connectivity index (χ2v) is 4.30. The van der Waals surface area contributed by atoms with Gasteiger partial charge < -0.3 is 5.11 Å². The molecular weight excluding hydrogens is 219 g/mol. The van der Waals surface area contributed by atoms with Crippen molar-refractivity contribution in [1.29, 1.82) is 0 Å². The zero-order valence-corrected chi connectivity index (χ0v) is 9.65. The lowest BCUT2D eigenvalue weighted by Crippen LogP contribution is -1.99. The van der Waals surface area contributed by atoms with Gasteiger partial charge in [-0.1, -0.05) is 29.3 Å². The molecule has 0 aromatic heterocycles. The van der Waals surface area contributed by atoms with Crippen LogP contribution in [0.15, 0.2) is 18.2 Å². The lowest BCUT2D eigenvalue weighted by Gasteiger charge is -2.05. The molecule has 0 bridgehead atoms. The maximum Gasteiger partial charge on any atom is 0.0595 e. The normalized spacial score (nSPS) is 12.9. The van der Waals surface area contributed by atoms with Gasteiger partial charge >= 0.3 is 0 Å². The first-order valence-corrected chi connectivity index (χ1v) is 5.47. The van der Waals surface area contributed by atoms with Gasteiger partial charge in [-0.15, -0.1) is 0 Å². The van der Waals surface area contributed by atoms with Crippen molar-refractivity contribution in [2.24, 2.45) is 0 Å². The Kier molecular flexibility index (Phi) is 4.73. The molecule has 1 aromatic rings. The number of aliphatic hydroxyl groups excluding tert-OH is 1. The second-order valence-electron chi connectivity index (χ2n) is 3.49. The van der Waals surface area contributed by atoms with E-state index in [2.05, 4.69) is 0 Å². The van der Waals surface area contributed by atoms with Gasteiger partial charge in [-0.2, -0.15) is 0 Å². The van der Waals surface area contributed by atoms with Crippen molar-refractivity contribution in [3.05, 3.63) is 33.8 Å². The molecule has 0 radical (unpaired) electrons. The molecule has 3 heteroatoms. The van der Waals surface area contributed by atoms with Gasteiger partial charge in [-0.05, 0) is 43.9 Å². The van der Waals surface area contributed by atoms with Crippen molar-refractivity contribution in [2.45, 2.75) is 32.3 Å². The Hall–Kier alpha value is -0.240. The standard InChI is InChI=1S/C11H14Cl2O/c1-8(14)3-2-4-9-5-6-10(12)11(13)7-9/h5-8,14H,2-4H2,1H3. The van der Waals surface area contributed by atoms with Gasteiger partial charge in [-0.25, -0.2) is 0 Å². The van der Waals surface area contributed by atoms with E-state index in [0.717, 1.165) is 19.3 Å². The number of aliphatic hydroxyl groups is 1. The fourth-order valence-corrected chi connectivity index (χ4v) is 1.62. The summed E-state index contributed by atoms with van der Waals surface area (Å²) in [5.41, 5.74) is 1.17. The lowest BCUT2D eigenvalue weighted by atomic mass is 10.1. The third-order valence-electron chi connectivity index (χ3n) is 2.07. The highest BCUT2D eigenvalue weighted by Crippen LogP contribution is 2.23. The summed E-state index contributed by atoms with van der Waals surface area (Å²) in [6, 6.07) is 5.66. The molecule has 0 saturated carbocycles. The molecule has 1 aromatic carbocycles. The van der Waals surface area contributed by atoms with Crippen LogP contribution in [-0.4, -0.2) is 11.2 Å². The van der Waals surface area contributed by atoms with E-state index in [0.29, 0.717) is 10.0 Å². The minimum absolute atomic E-state index is 0.224. The maximum atomic E-state index is 9.08. The van der Waals surface area contributed by atoms with Crippen LogP contribution < -0.4 is 0 Å². The van der Waals surface area contributed by atoms with Crippen molar-refractivity contribution in [3.63, 3.8) is 0 Å². The number of rotatable bonds is 4. The summed E-state index contributed by atoms with van der Waals surface area (Å²) < 4.78 is 0. The summed E-state index contributed by atoms with van der Waals surface area (Å²) in [6.07, 6.45) is 2.50. The molecule has 0 aliphatic rings. The molecule has 0 fully saturated rings. The maximum absolute atomic E-state index is 9.08. The Balaban J connectivity index is 2.47. The van der Waals surface area contributed by atoms with Gasteiger partial charge in [0.05, 0.1) is 16.1 Å². The highest BCUT2D eigenvalue weighted by atomic mass is 35.5. The summed E-state index contributed by atoms with van der Waals surface area (Å²) in [5.74, 6) is 0. The van der Waals surface area contributed by atoms with Crippen LogP contribution in [0.2, 0.25) is 10.0 Å². The molecule has 0 heterocycles. The molecular formula is C11H14Cl2O. The summed E-state index contributed by atoms with van der Waals surface area (Å²) >= 11 is 11.7. The molecule has 1 nitrogen and oxygen atoms in total. The summed E-state index contributed by atoms with van der Waals surface area (Å²) in [7, 11) is 0. The number of halogens is 2. The number of hydrogen-bond acceptors (Lipinski definition) is 1. The fraction of sp³-hybridized carbons (Fsp3) is 0.455. The third kappa shape index (κ3) is 3.87. The van der Waals surface area contributed by atoms with Crippen LogP contribution >= 0.6 is 23.2 Å². The van der Waals surface area contributed by atoms with E-state index in [9.17, 15) is 0 Å². The molecule has 0 aliphatic carbocycles. The van der Waals surface area contributed by atoms with Gasteiger partial charge in [0, 0.05) is 0 Å². The van der Waals surface area contributed by atoms with Crippen molar-refractivity contribution < 1.29 is 5.11 Å². The molecule has 0 aliphatic heterocycles. The van der Waals surface area contributed by atoms with E-state index in [1.54, 1.807) is 6.92 Å². The van der Waals surface area contributed by atoms with Gasteiger partial charge in [0.2, 0.25) is 0 Å². The van der Waals surface area contributed by atoms with E-state index in [-0.39, 0.29) is 6.10 Å². The Morgan fingerprint density at radius 2 is 2.00 bits per heavy atom. The van der Waals surface area contributed by atoms with Crippen LogP contribution in [0.3, 0.4) is 0 Å². The van der Waals surface area contributed by atoms with E-state index in [1.165, 1.54) is 5.56 Å². The molecule has 14 heavy (non-hydrogen) atoms. The van der Waals surface area contributed by atoms with E-state index >= 15 is 0 Å². The topological polar surface area (TPSA) is 20.2 Å². The van der Waals surface area contributed by atoms with Gasteiger partial charge in [0.15, 0.2) is 0 Å². The van der Waals surface area contributed by atoms with Gasteiger partial charge in [0.25, 0.3) is 0 Å². The van der Waals surface area contributed by atoms with Crippen LogP contribution in [0.1, 0.15) is 25.3 Å². The fourth-order valence-electron chi connectivity index (χ4n) is 1.30. The van der Waals surface area contributed by atoms with Gasteiger partial charge in [-0.3, -0.25) is 0 Å². The highest BCUT2D eigenvalue weighted by Gasteiger charge is 2.00. The predicted octanol–water partition coefficient (Wildman–Crippen LogP) is 3.70. The average Bonchev–Trinajstić information content (AvgIpc) is 2.10. The first kappa shape index (κ1) is 11.8. The second kappa shape index (κ2) is 5.59. The monoisotopic (exact) mass is 232 g/mol. The number of aryl methyl sites for hydroxylation is 1. The van der Waals surface area contributed by atoms with Crippen LogP contribution in [0.5, 0.6) is 0 Å². The molecule has 1 N–H and O–H groups in total. The van der Waals surface area contributed by atoms with Crippen molar-refractivity contribution >= 4 is 23.2 Å². The average molecular weight is 233 g/mol. The predicted molar refractivity (Wildman–Crippen MR) is 61.1 cm³/mol. The Morgan fingerprint density at radius 1 is 1.29 bits per heavy atom. The number of benzene rings is 1. The lowest BCUT2D eigenvalue weighted by molar-refractivity contribution is 0.182. The smallest absolute Gasteiger partial charge is 0.0595 e. The molecule has 0 amide bonds. The molecule has 78 valence electrons. The van der Waals surface area contributed by atoms with Crippen LogP contribution in [0.25, 0.3) is 0 Å². The highest BCUT2D eigenvalue weighted by molar-refractivity contribution is 6.42. The molecule has 0 spiro atoms. The zero-order chi connectivity index (χ0) is 10.6. The summed E-state index contributed by atoms with van der Waals surface area (Å²) in [5, 5.41) is 10.3. The molecule has 1 rings (SSSR count). The first-order valence-electron chi connectivity index (χ1n) is 4.71. The minimum Gasteiger partial charge on any atom is -0.393 e. The first-order chi connectivity index (χ1) is 6.59. The minimum atomic E-state index is -0.224. The molecule has 1 unspecified atom stereocenters.